The van der Waals surface area contributed by atoms with E-state index in [4.69, 9.17) is 0 Å². The molecule has 0 N–H and O–H groups in total. The predicted molar refractivity (Wildman–Crippen MR) is 88.9 cm³/mol. The van der Waals surface area contributed by atoms with Crippen molar-refractivity contribution in [3.8, 4) is 0 Å². The summed E-state index contributed by atoms with van der Waals surface area (Å²) in [4.78, 5) is 0. The topological polar surface area (TPSA) is 37.4 Å². The fourth-order valence-electron chi connectivity index (χ4n) is 3.44. The highest BCUT2D eigenvalue weighted by atomic mass is 32.2. The Labute approximate surface area is 132 Å². The summed E-state index contributed by atoms with van der Waals surface area (Å²) in [6, 6.07) is 17.9. The quantitative estimate of drug-likeness (QED) is 0.866. The van der Waals surface area contributed by atoms with Crippen LogP contribution < -0.4 is 0 Å². The molecule has 3 atom stereocenters. The Morgan fingerprint density at radius 1 is 0.864 bits per heavy atom. The van der Waals surface area contributed by atoms with Gasteiger partial charge in [0.2, 0.25) is 10.0 Å². The van der Waals surface area contributed by atoms with Gasteiger partial charge >= 0.3 is 0 Å². The Balaban J connectivity index is 2.01. The molecule has 1 fully saturated rings. The van der Waals surface area contributed by atoms with Gasteiger partial charge in [-0.15, -0.1) is 0 Å². The summed E-state index contributed by atoms with van der Waals surface area (Å²) in [5.74, 6) is 0.250. The van der Waals surface area contributed by atoms with Crippen LogP contribution in [0, 0.1) is 12.8 Å². The van der Waals surface area contributed by atoms with E-state index in [0.717, 1.165) is 11.1 Å². The van der Waals surface area contributed by atoms with Crippen molar-refractivity contribution in [3.05, 3.63) is 71.3 Å². The van der Waals surface area contributed by atoms with Gasteiger partial charge in [-0.05, 0) is 24.0 Å². The SMILES string of the molecule is Cc1ccc([C@@H]2[C@@H](C)[C@H](c3ccccc3)N2S(C)(=O)=O)cc1. The first-order valence-electron chi connectivity index (χ1n) is 7.49. The molecule has 2 aromatic rings. The molecule has 3 rings (SSSR count). The van der Waals surface area contributed by atoms with Gasteiger partial charge in [0.05, 0.1) is 18.3 Å². The number of sulfonamides is 1. The van der Waals surface area contributed by atoms with Crippen LogP contribution in [-0.2, 0) is 10.0 Å². The molecule has 4 heteroatoms. The van der Waals surface area contributed by atoms with Crippen molar-refractivity contribution in [2.24, 2.45) is 5.92 Å². The predicted octanol–water partition coefficient (Wildman–Crippen LogP) is 3.69. The summed E-state index contributed by atoms with van der Waals surface area (Å²) in [7, 11) is -3.27. The average molecular weight is 315 g/mol. The van der Waals surface area contributed by atoms with Crippen molar-refractivity contribution in [1.82, 2.24) is 4.31 Å². The third-order valence-corrected chi connectivity index (χ3v) is 5.71. The van der Waals surface area contributed by atoms with Gasteiger partial charge in [0.25, 0.3) is 0 Å². The lowest BCUT2D eigenvalue weighted by Gasteiger charge is -2.52. The van der Waals surface area contributed by atoms with E-state index in [9.17, 15) is 8.42 Å². The van der Waals surface area contributed by atoms with E-state index in [0.29, 0.717) is 0 Å². The molecule has 0 saturated carbocycles. The average Bonchev–Trinajstić information content (AvgIpc) is 2.47. The normalized spacial score (nSPS) is 25.7. The number of hydrogen-bond donors (Lipinski definition) is 0. The standard InChI is InChI=1S/C18H21NO2S/c1-13-9-11-16(12-10-13)18-14(2)17(19(18)22(3,20)21)15-7-5-4-6-8-15/h4-12,14,17-18H,1-3H3/t14-,17+,18-/m0/s1. The van der Waals surface area contributed by atoms with E-state index in [1.165, 1.54) is 11.8 Å². The fourth-order valence-corrected chi connectivity index (χ4v) is 4.89. The Bertz CT molecular complexity index is 753. The second-order valence-corrected chi connectivity index (χ2v) is 8.05. The number of rotatable bonds is 3. The van der Waals surface area contributed by atoms with Crippen LogP contribution in [0.3, 0.4) is 0 Å². The minimum atomic E-state index is -3.27. The largest absolute Gasteiger partial charge is 0.212 e. The van der Waals surface area contributed by atoms with Crippen LogP contribution in [0.25, 0.3) is 0 Å². The third-order valence-electron chi connectivity index (χ3n) is 4.49. The molecule has 22 heavy (non-hydrogen) atoms. The van der Waals surface area contributed by atoms with Crippen LogP contribution in [0.15, 0.2) is 54.6 Å². The van der Waals surface area contributed by atoms with Crippen LogP contribution in [0.4, 0.5) is 0 Å². The molecular weight excluding hydrogens is 294 g/mol. The van der Waals surface area contributed by atoms with E-state index in [1.807, 2.05) is 61.5 Å². The summed E-state index contributed by atoms with van der Waals surface area (Å²) in [6.45, 7) is 4.17. The van der Waals surface area contributed by atoms with E-state index in [-0.39, 0.29) is 18.0 Å². The summed E-state index contributed by atoms with van der Waals surface area (Å²) < 4.78 is 26.3. The smallest absolute Gasteiger partial charge is 0.212 e. The Morgan fingerprint density at radius 3 is 1.86 bits per heavy atom. The van der Waals surface area contributed by atoms with E-state index < -0.39 is 10.0 Å². The zero-order valence-corrected chi connectivity index (χ0v) is 13.9. The molecule has 0 aliphatic carbocycles. The van der Waals surface area contributed by atoms with Crippen molar-refractivity contribution in [3.63, 3.8) is 0 Å². The maximum Gasteiger partial charge on any atom is 0.212 e. The lowest BCUT2D eigenvalue weighted by molar-refractivity contribution is 0.0303. The second kappa shape index (κ2) is 5.52. The highest BCUT2D eigenvalue weighted by Crippen LogP contribution is 2.53. The zero-order chi connectivity index (χ0) is 15.9. The Hall–Kier alpha value is -1.65. The van der Waals surface area contributed by atoms with E-state index in [1.54, 1.807) is 4.31 Å². The molecule has 1 aliphatic rings. The highest BCUT2D eigenvalue weighted by molar-refractivity contribution is 7.88. The van der Waals surface area contributed by atoms with Gasteiger partial charge < -0.3 is 0 Å². The zero-order valence-electron chi connectivity index (χ0n) is 13.1. The van der Waals surface area contributed by atoms with Crippen LogP contribution in [-0.4, -0.2) is 19.0 Å². The Morgan fingerprint density at radius 2 is 1.36 bits per heavy atom. The molecule has 0 aromatic heterocycles. The van der Waals surface area contributed by atoms with Gasteiger partial charge in [-0.3, -0.25) is 0 Å². The van der Waals surface area contributed by atoms with Crippen molar-refractivity contribution in [2.45, 2.75) is 25.9 Å². The first kappa shape index (κ1) is 15.3. The van der Waals surface area contributed by atoms with Crippen molar-refractivity contribution >= 4 is 10.0 Å². The number of aryl methyl sites for hydroxylation is 1. The van der Waals surface area contributed by atoms with Crippen molar-refractivity contribution in [1.29, 1.82) is 0 Å². The summed E-state index contributed by atoms with van der Waals surface area (Å²) in [5.41, 5.74) is 3.31. The number of nitrogens with zero attached hydrogens (tertiary/aromatic N) is 1. The van der Waals surface area contributed by atoms with Gasteiger partial charge in [0, 0.05) is 0 Å². The van der Waals surface area contributed by atoms with Crippen LogP contribution in [0.1, 0.15) is 35.7 Å². The molecule has 0 unspecified atom stereocenters. The van der Waals surface area contributed by atoms with Crippen LogP contribution in [0.5, 0.6) is 0 Å². The van der Waals surface area contributed by atoms with E-state index in [2.05, 4.69) is 6.92 Å². The fraction of sp³-hybridized carbons (Fsp3) is 0.333. The first-order chi connectivity index (χ1) is 10.4. The molecule has 2 aromatic carbocycles. The molecule has 0 bridgehead atoms. The molecule has 0 spiro atoms. The lowest BCUT2D eigenvalue weighted by atomic mass is 9.77. The third kappa shape index (κ3) is 2.57. The molecular formula is C18H21NO2S. The van der Waals surface area contributed by atoms with Crippen molar-refractivity contribution in [2.75, 3.05) is 6.26 Å². The molecule has 116 valence electrons. The van der Waals surface area contributed by atoms with Crippen LogP contribution >= 0.6 is 0 Å². The maximum absolute atomic E-state index is 12.3. The lowest BCUT2D eigenvalue weighted by Crippen LogP contribution is -2.53. The van der Waals surface area contributed by atoms with Gasteiger partial charge in [-0.2, -0.15) is 4.31 Å². The molecule has 1 heterocycles. The molecule has 0 amide bonds. The van der Waals surface area contributed by atoms with Gasteiger partial charge in [0.15, 0.2) is 0 Å². The molecule has 1 saturated heterocycles. The van der Waals surface area contributed by atoms with Crippen LogP contribution in [0.2, 0.25) is 0 Å². The monoisotopic (exact) mass is 315 g/mol. The first-order valence-corrected chi connectivity index (χ1v) is 9.34. The summed E-state index contributed by atoms with van der Waals surface area (Å²) >= 11 is 0. The van der Waals surface area contributed by atoms with Crippen molar-refractivity contribution < 1.29 is 8.42 Å². The number of benzene rings is 2. The van der Waals surface area contributed by atoms with Gasteiger partial charge in [0.1, 0.15) is 0 Å². The van der Waals surface area contributed by atoms with Gasteiger partial charge in [-0.25, -0.2) is 8.42 Å². The molecule has 3 nitrogen and oxygen atoms in total. The maximum atomic E-state index is 12.3. The van der Waals surface area contributed by atoms with E-state index >= 15 is 0 Å². The number of hydrogen-bond acceptors (Lipinski definition) is 2. The molecule has 1 aliphatic heterocycles. The summed E-state index contributed by atoms with van der Waals surface area (Å²) in [6.07, 6.45) is 1.30. The summed E-state index contributed by atoms with van der Waals surface area (Å²) in [5, 5.41) is 0. The van der Waals surface area contributed by atoms with Gasteiger partial charge in [-0.1, -0.05) is 67.1 Å². The second-order valence-electron chi connectivity index (χ2n) is 6.16. The highest BCUT2D eigenvalue weighted by Gasteiger charge is 2.51. The Kier molecular flexibility index (Phi) is 3.83. The minimum Gasteiger partial charge on any atom is -0.212 e. The minimum absolute atomic E-state index is 0.0810. The molecule has 0 radical (unpaired) electrons.